The Hall–Kier alpha value is -3.42. The Balaban J connectivity index is 1.30. The van der Waals surface area contributed by atoms with Crippen LogP contribution in [-0.4, -0.2) is 76.4 Å². The lowest BCUT2D eigenvalue weighted by molar-refractivity contribution is -0.138. The van der Waals surface area contributed by atoms with Crippen molar-refractivity contribution in [1.82, 2.24) is 24.6 Å². The van der Waals surface area contributed by atoms with Gasteiger partial charge in [0.1, 0.15) is 12.2 Å². The number of rotatable bonds is 8. The van der Waals surface area contributed by atoms with E-state index in [0.717, 1.165) is 31.5 Å². The molecule has 236 valence electrons. The van der Waals surface area contributed by atoms with Gasteiger partial charge in [0.15, 0.2) is 0 Å². The summed E-state index contributed by atoms with van der Waals surface area (Å²) in [6, 6.07) is 9.93. The Bertz CT molecular complexity index is 1540. The third kappa shape index (κ3) is 5.61. The SMILES string of the molecule is CC(C)C1CN(C)CCN1Cc1cc2c(c(C(F)(F)F)c1)CN(c1cccc(C3(Cc4nncn4C(F)F)COC3)c1)C2=O. The van der Waals surface area contributed by atoms with E-state index in [2.05, 4.69) is 33.8 Å². The number of piperazine rings is 1. The van der Waals surface area contributed by atoms with Crippen molar-refractivity contribution in [3.63, 3.8) is 0 Å². The Labute approximate surface area is 252 Å². The Morgan fingerprint density at radius 3 is 2.55 bits per heavy atom. The summed E-state index contributed by atoms with van der Waals surface area (Å²) in [4.78, 5) is 19.6. The van der Waals surface area contributed by atoms with Crippen LogP contribution in [0.15, 0.2) is 42.7 Å². The highest BCUT2D eigenvalue weighted by Gasteiger charge is 2.44. The first kappa shape index (κ1) is 30.6. The van der Waals surface area contributed by atoms with Gasteiger partial charge in [-0.1, -0.05) is 26.0 Å². The first-order valence-electron chi connectivity index (χ1n) is 14.7. The molecule has 3 aromatic rings. The van der Waals surface area contributed by atoms with Crippen molar-refractivity contribution in [2.75, 3.05) is 44.8 Å². The number of hydrogen-bond donors (Lipinski definition) is 0. The zero-order chi connectivity index (χ0) is 31.4. The van der Waals surface area contributed by atoms with Crippen molar-refractivity contribution >= 4 is 11.6 Å². The van der Waals surface area contributed by atoms with Crippen LogP contribution in [0.3, 0.4) is 0 Å². The Morgan fingerprint density at radius 2 is 1.89 bits per heavy atom. The van der Waals surface area contributed by atoms with E-state index in [4.69, 9.17) is 4.74 Å². The summed E-state index contributed by atoms with van der Waals surface area (Å²) in [6.45, 7) is 4.37. The zero-order valence-electron chi connectivity index (χ0n) is 24.8. The standard InChI is InChI=1S/C31H35F5N6O2/c1-19(2)26-15-39(3)7-8-40(26)13-20-9-23-24(25(10-20)31(34,35)36)14-41(28(23)43)22-6-4-5-21(11-22)30(16-44-17-30)12-27-38-37-18-42(27)29(32)33/h4-6,9-11,18-19,26,29H,7-8,12-17H2,1-3H3. The Morgan fingerprint density at radius 1 is 1.11 bits per heavy atom. The molecule has 13 heteroatoms. The number of likely N-dealkylation sites (N-methyl/N-ethyl adjacent to an activating group) is 1. The highest BCUT2D eigenvalue weighted by Crippen LogP contribution is 2.42. The predicted octanol–water partition coefficient (Wildman–Crippen LogP) is 5.14. The number of amides is 1. The van der Waals surface area contributed by atoms with Crippen molar-refractivity contribution < 1.29 is 31.5 Å². The number of carbonyl (C=O) groups excluding carboxylic acids is 1. The van der Waals surface area contributed by atoms with Crippen LogP contribution < -0.4 is 4.90 Å². The molecule has 3 aliphatic heterocycles. The molecule has 0 bridgehead atoms. The van der Waals surface area contributed by atoms with Crippen LogP contribution in [0.1, 0.15) is 58.8 Å². The maximum Gasteiger partial charge on any atom is 0.416 e. The molecule has 3 aliphatic rings. The van der Waals surface area contributed by atoms with Crippen molar-refractivity contribution in [2.45, 2.75) is 57.5 Å². The number of alkyl halides is 5. The molecule has 0 spiro atoms. The first-order chi connectivity index (χ1) is 20.9. The van der Waals surface area contributed by atoms with Gasteiger partial charge in [0.05, 0.1) is 25.3 Å². The number of benzene rings is 2. The molecule has 4 heterocycles. The van der Waals surface area contributed by atoms with E-state index in [1.807, 2.05) is 13.1 Å². The van der Waals surface area contributed by atoms with Gasteiger partial charge < -0.3 is 14.5 Å². The lowest BCUT2D eigenvalue weighted by atomic mass is 9.75. The van der Waals surface area contributed by atoms with E-state index in [-0.39, 0.29) is 49.2 Å². The fraction of sp³-hybridized carbons (Fsp3) is 0.516. The van der Waals surface area contributed by atoms with E-state index in [0.29, 0.717) is 28.3 Å². The Kier molecular flexibility index (Phi) is 8.00. The summed E-state index contributed by atoms with van der Waals surface area (Å²) in [5, 5.41) is 7.49. The van der Waals surface area contributed by atoms with Crippen molar-refractivity contribution in [3.05, 3.63) is 76.4 Å². The molecular formula is C31H35F5N6O2. The minimum atomic E-state index is -4.63. The molecule has 1 amide bonds. The van der Waals surface area contributed by atoms with Gasteiger partial charge in [-0.2, -0.15) is 22.0 Å². The number of ether oxygens (including phenoxy) is 1. The second-order valence-corrected chi connectivity index (χ2v) is 12.5. The molecule has 0 saturated carbocycles. The molecule has 44 heavy (non-hydrogen) atoms. The molecule has 0 radical (unpaired) electrons. The summed E-state index contributed by atoms with van der Waals surface area (Å²) in [5.41, 5.74) is 0.153. The highest BCUT2D eigenvalue weighted by atomic mass is 19.4. The smallest absolute Gasteiger partial charge is 0.379 e. The van der Waals surface area contributed by atoms with Gasteiger partial charge in [-0.05, 0) is 53.9 Å². The third-order valence-corrected chi connectivity index (χ3v) is 9.18. The number of anilines is 1. The minimum Gasteiger partial charge on any atom is -0.379 e. The van der Waals surface area contributed by atoms with Crippen LogP contribution in [-0.2, 0) is 35.8 Å². The van der Waals surface area contributed by atoms with Crippen LogP contribution in [0.4, 0.5) is 27.6 Å². The topological polar surface area (TPSA) is 66.7 Å². The van der Waals surface area contributed by atoms with Gasteiger partial charge in [0, 0.05) is 55.3 Å². The van der Waals surface area contributed by atoms with Crippen LogP contribution in [0.25, 0.3) is 0 Å². The van der Waals surface area contributed by atoms with E-state index in [9.17, 15) is 26.7 Å². The molecule has 1 atom stereocenters. The zero-order valence-corrected chi connectivity index (χ0v) is 24.8. The molecule has 0 aliphatic carbocycles. The number of carbonyl (C=O) groups is 1. The maximum atomic E-state index is 14.4. The van der Waals surface area contributed by atoms with Gasteiger partial charge in [-0.15, -0.1) is 10.2 Å². The van der Waals surface area contributed by atoms with Crippen LogP contribution in [0.5, 0.6) is 0 Å². The second-order valence-electron chi connectivity index (χ2n) is 12.5. The molecule has 1 unspecified atom stereocenters. The average Bonchev–Trinajstić information content (AvgIpc) is 3.55. The second kappa shape index (κ2) is 11.5. The molecule has 2 fully saturated rings. The van der Waals surface area contributed by atoms with E-state index in [1.54, 1.807) is 24.3 Å². The lowest BCUT2D eigenvalue weighted by Crippen LogP contribution is -2.53. The fourth-order valence-corrected chi connectivity index (χ4v) is 6.66. The molecule has 0 N–H and O–H groups in total. The number of halogens is 5. The largest absolute Gasteiger partial charge is 0.416 e. The third-order valence-electron chi connectivity index (χ3n) is 9.18. The predicted molar refractivity (Wildman–Crippen MR) is 152 cm³/mol. The summed E-state index contributed by atoms with van der Waals surface area (Å²) < 4.78 is 76.4. The van der Waals surface area contributed by atoms with Crippen molar-refractivity contribution in [3.8, 4) is 0 Å². The summed E-state index contributed by atoms with van der Waals surface area (Å²) in [7, 11) is 2.04. The number of hydrogen-bond acceptors (Lipinski definition) is 6. The number of fused-ring (bicyclic) bond motifs is 1. The van der Waals surface area contributed by atoms with E-state index >= 15 is 0 Å². The number of aromatic nitrogens is 3. The highest BCUT2D eigenvalue weighted by molar-refractivity contribution is 6.10. The van der Waals surface area contributed by atoms with Crippen LogP contribution in [0.2, 0.25) is 0 Å². The van der Waals surface area contributed by atoms with E-state index in [1.165, 1.54) is 11.0 Å². The maximum absolute atomic E-state index is 14.4. The minimum absolute atomic E-state index is 0.0397. The van der Waals surface area contributed by atoms with Gasteiger partial charge in [0.2, 0.25) is 0 Å². The molecule has 2 aromatic carbocycles. The first-order valence-corrected chi connectivity index (χ1v) is 14.7. The lowest BCUT2D eigenvalue weighted by Gasteiger charge is -2.42. The van der Waals surface area contributed by atoms with Gasteiger partial charge >= 0.3 is 12.7 Å². The quantitative estimate of drug-likeness (QED) is 0.326. The molecular weight excluding hydrogens is 583 g/mol. The van der Waals surface area contributed by atoms with Gasteiger partial charge in [-0.3, -0.25) is 14.3 Å². The molecule has 8 nitrogen and oxygen atoms in total. The number of nitrogens with zero attached hydrogens (tertiary/aromatic N) is 6. The fourth-order valence-electron chi connectivity index (χ4n) is 6.66. The van der Waals surface area contributed by atoms with Crippen molar-refractivity contribution in [2.24, 2.45) is 5.92 Å². The molecule has 6 rings (SSSR count). The molecule has 1 aromatic heterocycles. The van der Waals surface area contributed by atoms with Gasteiger partial charge in [0.25, 0.3) is 5.91 Å². The summed E-state index contributed by atoms with van der Waals surface area (Å²) in [5.74, 6) is -0.0878. The normalized spacial score (nSPS) is 20.9. The van der Waals surface area contributed by atoms with Gasteiger partial charge in [-0.25, -0.2) is 0 Å². The summed E-state index contributed by atoms with van der Waals surface area (Å²) in [6.07, 6.45) is -3.53. The van der Waals surface area contributed by atoms with E-state index < -0.39 is 29.6 Å². The van der Waals surface area contributed by atoms with Crippen LogP contribution in [0, 0.1) is 5.92 Å². The van der Waals surface area contributed by atoms with Crippen LogP contribution >= 0.6 is 0 Å². The van der Waals surface area contributed by atoms with Crippen molar-refractivity contribution in [1.29, 1.82) is 0 Å². The average molecular weight is 619 g/mol. The molecule has 2 saturated heterocycles. The monoisotopic (exact) mass is 618 g/mol. The summed E-state index contributed by atoms with van der Waals surface area (Å²) >= 11 is 0.